The van der Waals surface area contributed by atoms with Crippen LogP contribution in [-0.2, 0) is 6.54 Å². The number of Topliss-reactive ketones (excluding diaryl/α,β-unsaturated/α-hetero) is 1. The van der Waals surface area contributed by atoms with Crippen molar-refractivity contribution in [3.63, 3.8) is 0 Å². The van der Waals surface area contributed by atoms with Crippen LogP contribution >= 0.6 is 0 Å². The summed E-state index contributed by atoms with van der Waals surface area (Å²) >= 11 is 0. The normalized spacial score (nSPS) is 11.2. The lowest BCUT2D eigenvalue weighted by molar-refractivity contribution is 0.103. The van der Waals surface area contributed by atoms with E-state index in [0.717, 1.165) is 5.56 Å². The number of carbonyl (C=O) groups excluding carboxylic acids is 1. The van der Waals surface area contributed by atoms with Crippen LogP contribution in [-0.4, -0.2) is 5.78 Å². The van der Waals surface area contributed by atoms with Gasteiger partial charge in [0.1, 0.15) is 11.6 Å². The number of nitrogens with zero attached hydrogens (tertiary/aromatic N) is 1. The molecule has 0 bridgehead atoms. The van der Waals surface area contributed by atoms with E-state index in [1.54, 1.807) is 31.2 Å². The van der Waals surface area contributed by atoms with Gasteiger partial charge >= 0.3 is 0 Å². The van der Waals surface area contributed by atoms with Crippen LogP contribution in [0.5, 0.6) is 0 Å². The second-order valence-corrected chi connectivity index (χ2v) is 4.65. The van der Waals surface area contributed by atoms with Crippen LogP contribution < -0.4 is 5.32 Å². The summed E-state index contributed by atoms with van der Waals surface area (Å²) in [6.07, 6.45) is 0. The highest BCUT2D eigenvalue weighted by atomic mass is 16.1. The highest BCUT2D eigenvalue weighted by Crippen LogP contribution is 2.11. The van der Waals surface area contributed by atoms with Crippen LogP contribution in [0, 0.1) is 11.3 Å². The molecule has 0 aliphatic rings. The average molecular weight is 276 g/mol. The first kappa shape index (κ1) is 14.5. The Labute approximate surface area is 124 Å². The quantitative estimate of drug-likeness (QED) is 0.517. The van der Waals surface area contributed by atoms with E-state index in [1.807, 2.05) is 42.5 Å². The molecule has 3 nitrogen and oxygen atoms in total. The number of ketones is 1. The second kappa shape index (κ2) is 7.06. The van der Waals surface area contributed by atoms with Crippen LogP contribution in [0.15, 0.2) is 71.9 Å². The lowest BCUT2D eigenvalue weighted by atomic mass is 10.0. The first-order valence-electron chi connectivity index (χ1n) is 6.71. The molecule has 104 valence electrons. The number of nitrogens with one attached hydrogen (secondary N) is 1. The number of hydrogen-bond donors (Lipinski definition) is 1. The second-order valence-electron chi connectivity index (χ2n) is 4.65. The Balaban J connectivity index is 2.15. The molecule has 0 heterocycles. The topological polar surface area (TPSA) is 52.9 Å². The SMILES string of the molecule is C/C(NCc1ccccc1)=C(\C#N)C(=O)c1ccccc1. The molecular formula is C18H16N2O. The molecule has 2 aromatic carbocycles. The van der Waals surface area contributed by atoms with E-state index in [1.165, 1.54) is 0 Å². The van der Waals surface area contributed by atoms with Crippen molar-refractivity contribution in [1.82, 2.24) is 5.32 Å². The molecule has 0 spiro atoms. The molecule has 0 atom stereocenters. The number of hydrogen-bond acceptors (Lipinski definition) is 3. The summed E-state index contributed by atoms with van der Waals surface area (Å²) < 4.78 is 0. The van der Waals surface area contributed by atoms with Gasteiger partial charge in [-0.1, -0.05) is 60.7 Å². The van der Waals surface area contributed by atoms with Gasteiger partial charge in [0.05, 0.1) is 0 Å². The summed E-state index contributed by atoms with van der Waals surface area (Å²) in [6.45, 7) is 2.34. The van der Waals surface area contributed by atoms with Gasteiger partial charge in [-0.25, -0.2) is 0 Å². The van der Waals surface area contributed by atoms with Crippen molar-refractivity contribution in [2.24, 2.45) is 0 Å². The van der Waals surface area contributed by atoms with Crippen LogP contribution in [0.4, 0.5) is 0 Å². The molecule has 2 rings (SSSR count). The summed E-state index contributed by atoms with van der Waals surface area (Å²) in [6, 6.07) is 20.7. The van der Waals surface area contributed by atoms with E-state index in [0.29, 0.717) is 17.8 Å². The van der Waals surface area contributed by atoms with Gasteiger partial charge in [-0.2, -0.15) is 5.26 Å². The third-order valence-electron chi connectivity index (χ3n) is 3.15. The molecule has 2 aromatic rings. The molecule has 0 aliphatic carbocycles. The predicted molar refractivity (Wildman–Crippen MR) is 82.4 cm³/mol. The van der Waals surface area contributed by atoms with E-state index in [2.05, 4.69) is 5.32 Å². The van der Waals surface area contributed by atoms with E-state index in [4.69, 9.17) is 0 Å². The lowest BCUT2D eigenvalue weighted by Gasteiger charge is -2.09. The van der Waals surface area contributed by atoms with Gasteiger partial charge in [0.15, 0.2) is 0 Å². The van der Waals surface area contributed by atoms with E-state index >= 15 is 0 Å². The maximum absolute atomic E-state index is 12.3. The van der Waals surface area contributed by atoms with Crippen molar-refractivity contribution in [2.75, 3.05) is 0 Å². The Hall–Kier alpha value is -2.86. The Morgan fingerprint density at radius 2 is 1.62 bits per heavy atom. The molecule has 1 N–H and O–H groups in total. The zero-order valence-corrected chi connectivity index (χ0v) is 11.8. The molecule has 0 fully saturated rings. The minimum atomic E-state index is -0.254. The molecule has 0 aliphatic heterocycles. The van der Waals surface area contributed by atoms with Crippen LogP contribution in [0.2, 0.25) is 0 Å². The molecular weight excluding hydrogens is 260 g/mol. The molecule has 0 aromatic heterocycles. The van der Waals surface area contributed by atoms with Crippen molar-refractivity contribution < 1.29 is 4.79 Å². The number of allylic oxidation sites excluding steroid dienone is 2. The highest BCUT2D eigenvalue weighted by Gasteiger charge is 2.14. The molecule has 0 radical (unpaired) electrons. The van der Waals surface area contributed by atoms with Gasteiger partial charge in [-0.15, -0.1) is 0 Å². The minimum Gasteiger partial charge on any atom is -0.383 e. The summed E-state index contributed by atoms with van der Waals surface area (Å²) in [7, 11) is 0. The summed E-state index contributed by atoms with van der Waals surface area (Å²) in [5.41, 5.74) is 2.36. The fourth-order valence-corrected chi connectivity index (χ4v) is 1.96. The first-order valence-corrected chi connectivity index (χ1v) is 6.71. The third-order valence-corrected chi connectivity index (χ3v) is 3.15. The minimum absolute atomic E-state index is 0.150. The molecule has 21 heavy (non-hydrogen) atoms. The Bertz CT molecular complexity index is 682. The molecule has 0 saturated heterocycles. The molecule has 0 amide bonds. The fraction of sp³-hybridized carbons (Fsp3) is 0.111. The van der Waals surface area contributed by atoms with Crippen molar-refractivity contribution in [1.29, 1.82) is 5.26 Å². The standard InChI is InChI=1S/C18H16N2O/c1-14(20-13-15-8-4-2-5-9-15)17(12-19)18(21)16-10-6-3-7-11-16/h2-11,20H,13H2,1H3/b17-14-. The summed E-state index contributed by atoms with van der Waals surface area (Å²) in [5, 5.41) is 12.4. The monoisotopic (exact) mass is 276 g/mol. The van der Waals surface area contributed by atoms with Gasteiger partial charge in [-0.05, 0) is 12.5 Å². The highest BCUT2D eigenvalue weighted by molar-refractivity contribution is 6.11. The molecule has 0 unspecified atom stereocenters. The van der Waals surface area contributed by atoms with Gasteiger partial charge in [-0.3, -0.25) is 4.79 Å². The molecule has 3 heteroatoms. The largest absolute Gasteiger partial charge is 0.383 e. The van der Waals surface area contributed by atoms with Crippen LogP contribution in [0.25, 0.3) is 0 Å². The molecule has 0 saturated carbocycles. The van der Waals surface area contributed by atoms with Gasteiger partial charge in [0.2, 0.25) is 5.78 Å². The maximum Gasteiger partial charge on any atom is 0.205 e. The maximum atomic E-state index is 12.3. The van der Waals surface area contributed by atoms with Gasteiger partial charge < -0.3 is 5.32 Å². The lowest BCUT2D eigenvalue weighted by Crippen LogP contribution is -2.16. The first-order chi connectivity index (χ1) is 10.2. The van der Waals surface area contributed by atoms with Crippen LogP contribution in [0.3, 0.4) is 0 Å². The van der Waals surface area contributed by atoms with Crippen molar-refractivity contribution in [3.05, 3.63) is 83.1 Å². The Morgan fingerprint density at radius 1 is 1.05 bits per heavy atom. The third kappa shape index (κ3) is 3.80. The number of nitriles is 1. The number of carbonyl (C=O) groups is 1. The van der Waals surface area contributed by atoms with E-state index in [-0.39, 0.29) is 11.4 Å². The van der Waals surface area contributed by atoms with Crippen molar-refractivity contribution in [2.45, 2.75) is 13.5 Å². The van der Waals surface area contributed by atoms with Crippen molar-refractivity contribution >= 4 is 5.78 Å². The fourth-order valence-electron chi connectivity index (χ4n) is 1.96. The zero-order valence-electron chi connectivity index (χ0n) is 11.8. The number of rotatable bonds is 5. The Kier molecular flexibility index (Phi) is 4.89. The Morgan fingerprint density at radius 3 is 2.19 bits per heavy atom. The number of benzene rings is 2. The van der Waals surface area contributed by atoms with Crippen molar-refractivity contribution in [3.8, 4) is 6.07 Å². The van der Waals surface area contributed by atoms with Crippen LogP contribution in [0.1, 0.15) is 22.8 Å². The average Bonchev–Trinajstić information content (AvgIpc) is 2.55. The van der Waals surface area contributed by atoms with E-state index in [9.17, 15) is 10.1 Å². The summed E-state index contributed by atoms with van der Waals surface area (Å²) in [4.78, 5) is 12.3. The van der Waals surface area contributed by atoms with Gasteiger partial charge in [0.25, 0.3) is 0 Å². The predicted octanol–water partition coefficient (Wildman–Crippen LogP) is 3.46. The van der Waals surface area contributed by atoms with Gasteiger partial charge in [0, 0.05) is 17.8 Å². The van der Waals surface area contributed by atoms with E-state index < -0.39 is 0 Å². The zero-order chi connectivity index (χ0) is 15.1. The summed E-state index contributed by atoms with van der Waals surface area (Å²) in [5.74, 6) is -0.254. The smallest absolute Gasteiger partial charge is 0.205 e.